The molecule has 6 nitrogen and oxygen atoms in total. The van der Waals surface area contributed by atoms with Crippen molar-refractivity contribution in [1.82, 2.24) is 5.32 Å². The van der Waals surface area contributed by atoms with Crippen LogP contribution in [0.4, 0.5) is 0 Å². The monoisotopic (exact) mass is 533 g/mol. The van der Waals surface area contributed by atoms with Crippen LogP contribution in [0.2, 0.25) is 0 Å². The second-order valence-electron chi connectivity index (χ2n) is 4.63. The number of carbonyl (C=O) groups is 2. The van der Waals surface area contributed by atoms with E-state index in [0.717, 1.165) is 0 Å². The summed E-state index contributed by atoms with van der Waals surface area (Å²) in [5.74, 6) is -1.78. The normalized spacial score (nSPS) is 13.4. The summed E-state index contributed by atoms with van der Waals surface area (Å²) in [5.41, 5.74) is 0.0604. The molecule has 1 aromatic carbocycles. The number of hydrogen-bond donors (Lipinski definition) is 2. The highest BCUT2D eigenvalue weighted by molar-refractivity contribution is 9.42. The van der Waals surface area contributed by atoms with Gasteiger partial charge in [0.05, 0.1) is 4.90 Å². The molecule has 10 heteroatoms. The number of hydrogen-bond acceptors (Lipinski definition) is 4. The molecule has 1 unspecified atom stereocenters. The molecule has 1 atom stereocenters. The van der Waals surface area contributed by atoms with E-state index in [-0.39, 0.29) is 16.9 Å². The third-order valence-corrected chi connectivity index (χ3v) is 8.21. The van der Waals surface area contributed by atoms with E-state index in [2.05, 4.69) is 53.1 Å². The van der Waals surface area contributed by atoms with E-state index in [4.69, 9.17) is 5.11 Å². The van der Waals surface area contributed by atoms with Crippen LogP contribution in [0.15, 0.2) is 29.2 Å². The Hall–Kier alpha value is -0.450. The van der Waals surface area contributed by atoms with Gasteiger partial charge in [0, 0.05) is 5.56 Å². The maximum Gasteiger partial charge on any atom is 0.326 e. The number of carboxylic acids is 1. The molecule has 0 radical (unpaired) electrons. The van der Waals surface area contributed by atoms with Crippen molar-refractivity contribution in [3.05, 3.63) is 29.8 Å². The minimum absolute atomic E-state index is 0.0604. The van der Waals surface area contributed by atoms with Crippen LogP contribution in [0, 0.1) is 0 Å². The molecule has 0 spiro atoms. The number of aliphatic carboxylic acids is 1. The Balaban J connectivity index is 3.10. The van der Waals surface area contributed by atoms with Gasteiger partial charge in [-0.1, -0.05) is 19.4 Å². The van der Waals surface area contributed by atoms with Crippen LogP contribution in [0.5, 0.6) is 0 Å². The highest BCUT2D eigenvalue weighted by Gasteiger charge is 2.37. The van der Waals surface area contributed by atoms with Crippen LogP contribution in [0.1, 0.15) is 30.1 Å². The van der Waals surface area contributed by atoms with Crippen molar-refractivity contribution >= 4 is 69.5 Å². The van der Waals surface area contributed by atoms with Gasteiger partial charge in [0.1, 0.15) is 6.04 Å². The molecule has 0 aliphatic rings. The van der Waals surface area contributed by atoms with Gasteiger partial charge in [-0.3, -0.25) is 4.79 Å². The van der Waals surface area contributed by atoms with Crippen LogP contribution in [-0.4, -0.2) is 32.9 Å². The van der Waals surface area contributed by atoms with Gasteiger partial charge < -0.3 is 10.4 Å². The van der Waals surface area contributed by atoms with Gasteiger partial charge in [0.15, 0.2) is 0 Å². The third-order valence-electron chi connectivity index (χ3n) is 2.89. The smallest absolute Gasteiger partial charge is 0.326 e. The fraction of sp³-hybridized carbons (Fsp3) is 0.385. The topological polar surface area (TPSA) is 101 Å². The lowest BCUT2D eigenvalue weighted by atomic mass is 10.1. The Morgan fingerprint density at radius 3 is 2.39 bits per heavy atom. The van der Waals surface area contributed by atoms with E-state index in [1.54, 1.807) is 6.92 Å². The van der Waals surface area contributed by atoms with Gasteiger partial charge in [-0.25, -0.2) is 13.2 Å². The first-order valence-corrected chi connectivity index (χ1v) is 10.3. The summed E-state index contributed by atoms with van der Waals surface area (Å²) < 4.78 is 23.0. The van der Waals surface area contributed by atoms with E-state index < -0.39 is 29.2 Å². The largest absolute Gasteiger partial charge is 0.480 e. The average molecular weight is 536 g/mol. The lowest BCUT2D eigenvalue weighted by Gasteiger charge is -2.16. The SMILES string of the molecule is CCCC(NC(=O)c1cccc(S(=O)(=O)C(Br)(Br)Br)c1)C(=O)O. The van der Waals surface area contributed by atoms with Crippen molar-refractivity contribution in [2.24, 2.45) is 0 Å². The van der Waals surface area contributed by atoms with Crippen molar-refractivity contribution < 1.29 is 23.1 Å². The minimum Gasteiger partial charge on any atom is -0.480 e. The van der Waals surface area contributed by atoms with Crippen molar-refractivity contribution in [1.29, 1.82) is 0 Å². The molecule has 23 heavy (non-hydrogen) atoms. The molecule has 0 fully saturated rings. The van der Waals surface area contributed by atoms with Crippen LogP contribution in [0.3, 0.4) is 0 Å². The van der Waals surface area contributed by atoms with Crippen molar-refractivity contribution in [3.63, 3.8) is 0 Å². The maximum absolute atomic E-state index is 12.3. The molecule has 0 aromatic heterocycles. The molecule has 128 valence electrons. The van der Waals surface area contributed by atoms with Crippen molar-refractivity contribution in [2.45, 2.75) is 32.2 Å². The van der Waals surface area contributed by atoms with Crippen LogP contribution in [0.25, 0.3) is 0 Å². The van der Waals surface area contributed by atoms with E-state index in [0.29, 0.717) is 6.42 Å². The summed E-state index contributed by atoms with van der Waals surface area (Å²) in [6.45, 7) is 1.80. The van der Waals surface area contributed by atoms with Crippen LogP contribution >= 0.6 is 47.8 Å². The highest BCUT2D eigenvalue weighted by Crippen LogP contribution is 2.43. The number of alkyl halides is 3. The summed E-state index contributed by atoms with van der Waals surface area (Å²) in [6, 6.07) is 4.34. The van der Waals surface area contributed by atoms with E-state index in [1.807, 2.05) is 0 Å². The lowest BCUT2D eigenvalue weighted by molar-refractivity contribution is -0.139. The van der Waals surface area contributed by atoms with Gasteiger partial charge in [-0.2, -0.15) is 0 Å². The Morgan fingerprint density at radius 1 is 1.30 bits per heavy atom. The first-order valence-electron chi connectivity index (χ1n) is 6.45. The summed E-state index contributed by atoms with van der Waals surface area (Å²) in [6.07, 6.45) is 0.872. The number of carbonyl (C=O) groups excluding carboxylic acids is 1. The first kappa shape index (κ1) is 20.6. The van der Waals surface area contributed by atoms with Gasteiger partial charge in [0.2, 0.25) is 11.3 Å². The van der Waals surface area contributed by atoms with Gasteiger partial charge in [-0.15, -0.1) is 0 Å². The summed E-state index contributed by atoms with van der Waals surface area (Å²) in [5, 5.41) is 11.4. The molecule has 0 bridgehead atoms. The summed E-state index contributed by atoms with van der Waals surface area (Å²) >= 11 is 8.84. The Bertz CT molecular complexity index is 700. The summed E-state index contributed by atoms with van der Waals surface area (Å²) in [7, 11) is -3.83. The standard InChI is InChI=1S/C13H14Br3NO5S/c1-2-4-10(12(19)20)17-11(18)8-5-3-6-9(7-8)23(21,22)13(14,15)16/h3,5-7,10H,2,4H2,1H3,(H,17,18)(H,19,20). The molecule has 2 N–H and O–H groups in total. The number of halogens is 3. The maximum atomic E-state index is 12.3. The first-order chi connectivity index (χ1) is 10.5. The molecule has 0 saturated carbocycles. The van der Waals surface area contributed by atoms with Crippen molar-refractivity contribution in [2.75, 3.05) is 0 Å². The summed E-state index contributed by atoms with van der Waals surface area (Å²) in [4.78, 5) is 23.1. The van der Waals surface area contributed by atoms with E-state index >= 15 is 0 Å². The Labute approximate surface area is 159 Å². The predicted molar refractivity (Wildman–Crippen MR) is 96.9 cm³/mol. The number of sulfone groups is 1. The zero-order chi connectivity index (χ0) is 17.8. The molecule has 1 aromatic rings. The second kappa shape index (κ2) is 8.09. The number of carboxylic acid groups (broad SMARTS) is 1. The van der Waals surface area contributed by atoms with Gasteiger partial charge in [0.25, 0.3) is 5.91 Å². The molecule has 0 heterocycles. The Morgan fingerprint density at radius 2 is 1.91 bits per heavy atom. The van der Waals surface area contributed by atoms with E-state index in [1.165, 1.54) is 24.3 Å². The third kappa shape index (κ3) is 5.27. The molecular weight excluding hydrogens is 522 g/mol. The number of benzene rings is 1. The van der Waals surface area contributed by atoms with E-state index in [9.17, 15) is 18.0 Å². The molecule has 0 aliphatic heterocycles. The highest BCUT2D eigenvalue weighted by atomic mass is 80.0. The molecule has 0 aliphatic carbocycles. The van der Waals surface area contributed by atoms with Crippen LogP contribution in [-0.2, 0) is 14.6 Å². The number of rotatable bonds is 6. The van der Waals surface area contributed by atoms with Gasteiger partial charge >= 0.3 is 5.97 Å². The zero-order valence-corrected chi connectivity index (χ0v) is 17.5. The quantitative estimate of drug-likeness (QED) is 0.545. The average Bonchev–Trinajstić information content (AvgIpc) is 2.45. The second-order valence-corrected chi connectivity index (χ2v) is 15.1. The fourth-order valence-electron chi connectivity index (χ4n) is 1.73. The predicted octanol–water partition coefficient (Wildman–Crippen LogP) is 3.24. The molecular formula is C13H14Br3NO5S. The lowest BCUT2D eigenvalue weighted by Crippen LogP contribution is -2.40. The zero-order valence-electron chi connectivity index (χ0n) is 11.9. The number of nitrogens with one attached hydrogen (secondary N) is 1. The van der Waals surface area contributed by atoms with Crippen LogP contribution < -0.4 is 5.32 Å². The molecule has 1 amide bonds. The van der Waals surface area contributed by atoms with Crippen molar-refractivity contribution in [3.8, 4) is 0 Å². The fourth-order valence-corrected chi connectivity index (χ4v) is 4.22. The minimum atomic E-state index is -3.83. The van der Waals surface area contributed by atoms with Gasteiger partial charge in [-0.05, 0) is 72.4 Å². The molecule has 0 saturated heterocycles. The number of amides is 1. The Kier molecular flexibility index (Phi) is 7.24. The molecule has 1 rings (SSSR count).